The molecule has 0 aromatic heterocycles. The number of nitrogens with one attached hydrogen (secondary N) is 1. The molecule has 39 heavy (non-hydrogen) atoms. The van der Waals surface area contributed by atoms with Crippen molar-refractivity contribution in [1.29, 1.82) is 0 Å². The molecule has 3 aromatic rings. The molecule has 1 saturated heterocycles. The standard InChI is InChI=1S/C27H31N3O7S2/c1-20-9-10-21(2)24(17-20)30(38(32,33)23-7-5-4-6-8-23)19-27(31)28-22-11-12-25(36-3)26(18-22)39(34,35)29-13-15-37-16-14-29/h4-12,17-18H,13-16,19H2,1-3H3,(H,28,31). The Bertz CT molecular complexity index is 1550. The highest BCUT2D eigenvalue weighted by Crippen LogP contribution is 2.31. The van der Waals surface area contributed by atoms with Crippen molar-refractivity contribution >= 4 is 37.3 Å². The summed E-state index contributed by atoms with van der Waals surface area (Å²) in [6.07, 6.45) is 0. The molecular weight excluding hydrogens is 542 g/mol. The molecule has 3 aromatic carbocycles. The topological polar surface area (TPSA) is 122 Å². The number of hydrogen-bond donors (Lipinski definition) is 1. The molecule has 10 nitrogen and oxygen atoms in total. The van der Waals surface area contributed by atoms with Gasteiger partial charge in [-0.15, -0.1) is 0 Å². The number of nitrogens with zero attached hydrogens (tertiary/aromatic N) is 2. The highest BCUT2D eigenvalue weighted by molar-refractivity contribution is 7.92. The van der Waals surface area contributed by atoms with Gasteiger partial charge in [-0.3, -0.25) is 9.10 Å². The van der Waals surface area contributed by atoms with Crippen LogP contribution in [0.25, 0.3) is 0 Å². The zero-order valence-electron chi connectivity index (χ0n) is 22.0. The Morgan fingerprint density at radius 3 is 2.33 bits per heavy atom. The van der Waals surface area contributed by atoms with E-state index in [1.54, 1.807) is 37.3 Å². The van der Waals surface area contributed by atoms with Gasteiger partial charge in [0.2, 0.25) is 15.9 Å². The fraction of sp³-hybridized carbons (Fsp3) is 0.296. The second kappa shape index (κ2) is 11.7. The number of anilines is 2. The fourth-order valence-corrected chi connectivity index (χ4v) is 7.31. The third kappa shape index (κ3) is 6.25. The van der Waals surface area contributed by atoms with Crippen molar-refractivity contribution in [2.45, 2.75) is 23.6 Å². The van der Waals surface area contributed by atoms with E-state index in [4.69, 9.17) is 9.47 Å². The Balaban J connectivity index is 1.66. The Kier molecular flexibility index (Phi) is 8.60. The van der Waals surface area contributed by atoms with E-state index in [9.17, 15) is 21.6 Å². The van der Waals surface area contributed by atoms with Crippen LogP contribution in [-0.2, 0) is 29.6 Å². The summed E-state index contributed by atoms with van der Waals surface area (Å²) in [5.41, 5.74) is 2.07. The Morgan fingerprint density at radius 2 is 1.67 bits per heavy atom. The second-order valence-corrected chi connectivity index (χ2v) is 12.8. The van der Waals surface area contributed by atoms with E-state index in [1.165, 1.54) is 41.7 Å². The molecule has 1 aliphatic heterocycles. The van der Waals surface area contributed by atoms with Gasteiger partial charge in [0, 0.05) is 18.8 Å². The van der Waals surface area contributed by atoms with E-state index in [0.717, 1.165) is 9.87 Å². The first-order valence-electron chi connectivity index (χ1n) is 12.2. The predicted octanol–water partition coefficient (Wildman–Crippen LogP) is 3.17. The number of ether oxygens (including phenoxy) is 2. The average Bonchev–Trinajstić information content (AvgIpc) is 2.94. The summed E-state index contributed by atoms with van der Waals surface area (Å²) < 4.78 is 66.9. The van der Waals surface area contributed by atoms with E-state index in [1.807, 2.05) is 13.0 Å². The molecule has 0 radical (unpaired) electrons. The molecule has 208 valence electrons. The Morgan fingerprint density at radius 1 is 0.974 bits per heavy atom. The third-order valence-electron chi connectivity index (χ3n) is 6.29. The number of amides is 1. The van der Waals surface area contributed by atoms with Crippen molar-refractivity contribution in [1.82, 2.24) is 4.31 Å². The first-order valence-corrected chi connectivity index (χ1v) is 15.1. The van der Waals surface area contributed by atoms with Crippen LogP contribution in [0.2, 0.25) is 0 Å². The molecule has 0 bridgehead atoms. The third-order valence-corrected chi connectivity index (χ3v) is 9.98. The van der Waals surface area contributed by atoms with Crippen molar-refractivity contribution in [2.24, 2.45) is 0 Å². The van der Waals surface area contributed by atoms with E-state index in [-0.39, 0.29) is 47.5 Å². The quantitative estimate of drug-likeness (QED) is 0.417. The normalized spacial score (nSPS) is 14.5. The van der Waals surface area contributed by atoms with Crippen LogP contribution in [0.15, 0.2) is 76.5 Å². The number of morpholine rings is 1. The van der Waals surface area contributed by atoms with Crippen LogP contribution in [0.5, 0.6) is 5.75 Å². The van der Waals surface area contributed by atoms with Gasteiger partial charge in [-0.25, -0.2) is 16.8 Å². The largest absolute Gasteiger partial charge is 0.495 e. The van der Waals surface area contributed by atoms with E-state index in [0.29, 0.717) is 11.3 Å². The summed E-state index contributed by atoms with van der Waals surface area (Å²) in [7, 11) is -6.66. The van der Waals surface area contributed by atoms with Gasteiger partial charge in [0.05, 0.1) is 30.9 Å². The number of methoxy groups -OCH3 is 1. The fourth-order valence-electron chi connectivity index (χ4n) is 4.22. The molecule has 12 heteroatoms. The minimum Gasteiger partial charge on any atom is -0.495 e. The summed E-state index contributed by atoms with van der Waals surface area (Å²) in [6, 6.07) is 17.5. The van der Waals surface area contributed by atoms with Crippen LogP contribution in [-0.4, -0.2) is 67.0 Å². The first-order chi connectivity index (χ1) is 18.5. The molecule has 0 saturated carbocycles. The number of hydrogen-bond acceptors (Lipinski definition) is 7. The van der Waals surface area contributed by atoms with E-state index >= 15 is 0 Å². The van der Waals surface area contributed by atoms with Crippen LogP contribution in [0.3, 0.4) is 0 Å². The molecule has 0 aliphatic carbocycles. The van der Waals surface area contributed by atoms with Gasteiger partial charge in [0.15, 0.2) is 0 Å². The molecule has 1 aliphatic rings. The van der Waals surface area contributed by atoms with Gasteiger partial charge < -0.3 is 14.8 Å². The second-order valence-electron chi connectivity index (χ2n) is 9.04. The average molecular weight is 574 g/mol. The molecule has 0 unspecified atom stereocenters. The lowest BCUT2D eigenvalue weighted by Gasteiger charge is -2.27. The monoisotopic (exact) mass is 573 g/mol. The van der Waals surface area contributed by atoms with E-state index in [2.05, 4.69) is 5.32 Å². The van der Waals surface area contributed by atoms with Crippen LogP contribution in [0, 0.1) is 13.8 Å². The number of aryl methyl sites for hydroxylation is 2. The van der Waals surface area contributed by atoms with Crippen molar-refractivity contribution in [3.8, 4) is 5.75 Å². The molecule has 1 amide bonds. The SMILES string of the molecule is COc1ccc(NC(=O)CN(c2cc(C)ccc2C)S(=O)(=O)c2ccccc2)cc1S(=O)(=O)N1CCOCC1. The summed E-state index contributed by atoms with van der Waals surface area (Å²) >= 11 is 0. The molecule has 1 fully saturated rings. The summed E-state index contributed by atoms with van der Waals surface area (Å²) in [6.45, 7) is 4.04. The minimum absolute atomic E-state index is 0.0436. The smallest absolute Gasteiger partial charge is 0.264 e. The molecule has 0 atom stereocenters. The van der Waals surface area contributed by atoms with Crippen molar-refractivity contribution < 1.29 is 31.1 Å². The highest BCUT2D eigenvalue weighted by Gasteiger charge is 2.31. The van der Waals surface area contributed by atoms with Gasteiger partial charge >= 0.3 is 0 Å². The number of carbonyl (C=O) groups excluding carboxylic acids is 1. The predicted molar refractivity (Wildman–Crippen MR) is 148 cm³/mol. The Labute approximate surface area is 229 Å². The minimum atomic E-state index is -4.10. The van der Waals surface area contributed by atoms with Crippen molar-refractivity contribution in [3.05, 3.63) is 77.9 Å². The van der Waals surface area contributed by atoms with Gasteiger partial charge in [0.25, 0.3) is 10.0 Å². The lowest BCUT2D eigenvalue weighted by Crippen LogP contribution is -2.40. The maximum atomic E-state index is 13.7. The molecule has 1 heterocycles. The molecule has 0 spiro atoms. The lowest BCUT2D eigenvalue weighted by molar-refractivity contribution is -0.114. The summed E-state index contributed by atoms with van der Waals surface area (Å²) in [5, 5.41) is 2.66. The van der Waals surface area contributed by atoms with Crippen LogP contribution < -0.4 is 14.4 Å². The summed E-state index contributed by atoms with van der Waals surface area (Å²) in [5.74, 6) is -0.515. The van der Waals surface area contributed by atoms with Crippen LogP contribution >= 0.6 is 0 Å². The maximum Gasteiger partial charge on any atom is 0.264 e. The summed E-state index contributed by atoms with van der Waals surface area (Å²) in [4.78, 5) is 13.2. The molecular formula is C27H31N3O7S2. The van der Waals surface area contributed by atoms with Crippen molar-refractivity contribution in [3.63, 3.8) is 0 Å². The number of sulfonamides is 2. The first kappa shape index (κ1) is 28.6. The zero-order chi connectivity index (χ0) is 28.2. The van der Waals surface area contributed by atoms with Gasteiger partial charge in [-0.2, -0.15) is 4.31 Å². The van der Waals surface area contributed by atoms with E-state index < -0.39 is 32.5 Å². The number of benzene rings is 3. The van der Waals surface area contributed by atoms with Gasteiger partial charge in [0.1, 0.15) is 17.2 Å². The molecule has 4 rings (SSSR count). The zero-order valence-corrected chi connectivity index (χ0v) is 23.6. The Hall–Kier alpha value is -3.45. The highest BCUT2D eigenvalue weighted by atomic mass is 32.2. The van der Waals surface area contributed by atoms with Gasteiger partial charge in [-0.1, -0.05) is 30.3 Å². The molecule has 1 N–H and O–H groups in total. The maximum absolute atomic E-state index is 13.7. The van der Waals surface area contributed by atoms with Crippen LogP contribution in [0.4, 0.5) is 11.4 Å². The number of carbonyl (C=O) groups is 1. The number of rotatable bonds is 9. The van der Waals surface area contributed by atoms with Crippen LogP contribution in [0.1, 0.15) is 11.1 Å². The van der Waals surface area contributed by atoms with Gasteiger partial charge in [-0.05, 0) is 61.4 Å². The lowest BCUT2D eigenvalue weighted by atomic mass is 10.1. The van der Waals surface area contributed by atoms with Crippen molar-refractivity contribution in [2.75, 3.05) is 49.6 Å².